The molecule has 0 saturated heterocycles. The van der Waals surface area contributed by atoms with Crippen molar-refractivity contribution in [3.8, 4) is 0 Å². The summed E-state index contributed by atoms with van der Waals surface area (Å²) in [6.45, 7) is 1.87. The van der Waals surface area contributed by atoms with E-state index in [0.717, 1.165) is 18.6 Å². The fourth-order valence-corrected chi connectivity index (χ4v) is 3.63. The van der Waals surface area contributed by atoms with Crippen molar-refractivity contribution >= 4 is 23.0 Å². The topological polar surface area (TPSA) is 53.9 Å². The lowest BCUT2D eigenvalue weighted by Crippen LogP contribution is -2.33. The van der Waals surface area contributed by atoms with Crippen LogP contribution in [0.2, 0.25) is 0 Å². The largest absolute Gasteiger partial charge is 0.392 e. The summed E-state index contributed by atoms with van der Waals surface area (Å²) in [4.78, 5) is 19.3. The summed E-state index contributed by atoms with van der Waals surface area (Å²) in [6, 6.07) is 5.29. The highest BCUT2D eigenvalue weighted by molar-refractivity contribution is 5.92. The molecule has 25 heavy (non-hydrogen) atoms. The van der Waals surface area contributed by atoms with Gasteiger partial charge in [0.25, 0.3) is 0 Å². The van der Waals surface area contributed by atoms with Crippen LogP contribution in [0.4, 0.5) is 15.8 Å². The molecule has 0 aromatic heterocycles. The maximum Gasteiger partial charge on any atom is 0.228 e. The van der Waals surface area contributed by atoms with Crippen LogP contribution in [-0.4, -0.2) is 30.8 Å². The zero-order chi connectivity index (χ0) is 17.8. The maximum absolute atomic E-state index is 14.5. The van der Waals surface area contributed by atoms with Crippen LogP contribution in [0, 0.1) is 5.82 Å². The Morgan fingerprint density at radius 3 is 2.76 bits per heavy atom. The van der Waals surface area contributed by atoms with Gasteiger partial charge in [-0.2, -0.15) is 0 Å². The lowest BCUT2D eigenvalue weighted by molar-refractivity contribution is -0.118. The van der Waals surface area contributed by atoms with E-state index < -0.39 is 0 Å². The fourth-order valence-electron chi connectivity index (χ4n) is 3.63. The van der Waals surface area contributed by atoms with E-state index in [1.165, 1.54) is 25.3 Å². The van der Waals surface area contributed by atoms with Gasteiger partial charge in [-0.25, -0.2) is 4.39 Å². The Bertz CT molecular complexity index is 656. The molecule has 1 aliphatic heterocycles. The number of hydrogen-bond acceptors (Lipinski definition) is 4. The third kappa shape index (κ3) is 4.50. The average molecular weight is 347 g/mol. The minimum Gasteiger partial charge on any atom is -0.392 e. The van der Waals surface area contributed by atoms with Crippen molar-refractivity contribution in [2.24, 2.45) is 5.16 Å². The van der Waals surface area contributed by atoms with Gasteiger partial charge < -0.3 is 15.1 Å². The van der Waals surface area contributed by atoms with Crippen LogP contribution >= 0.6 is 0 Å². The SMILES string of the molecule is CC1=NOC(CC(=O)Nc2ccc(N(C)C3CCCCC3)c(F)c2)C1. The van der Waals surface area contributed by atoms with Gasteiger partial charge in [0.2, 0.25) is 5.91 Å². The van der Waals surface area contributed by atoms with Crippen molar-refractivity contribution in [3.05, 3.63) is 24.0 Å². The second kappa shape index (κ2) is 7.85. The van der Waals surface area contributed by atoms with E-state index >= 15 is 0 Å². The fraction of sp³-hybridized carbons (Fsp3) is 0.579. The first kappa shape index (κ1) is 17.7. The van der Waals surface area contributed by atoms with Gasteiger partial charge >= 0.3 is 0 Å². The van der Waals surface area contributed by atoms with Crippen molar-refractivity contribution in [1.82, 2.24) is 0 Å². The molecular formula is C19H26FN3O2. The molecule has 0 bridgehead atoms. The predicted octanol–water partition coefficient (Wildman–Crippen LogP) is 4.09. The van der Waals surface area contributed by atoms with E-state index in [9.17, 15) is 9.18 Å². The van der Waals surface area contributed by atoms with E-state index in [1.54, 1.807) is 12.1 Å². The maximum atomic E-state index is 14.5. The van der Waals surface area contributed by atoms with Gasteiger partial charge in [0.15, 0.2) is 0 Å². The summed E-state index contributed by atoms with van der Waals surface area (Å²) in [7, 11) is 1.95. The zero-order valence-electron chi connectivity index (χ0n) is 14.9. The molecule has 3 rings (SSSR count). The Labute approximate surface area is 148 Å². The van der Waals surface area contributed by atoms with E-state index in [0.29, 0.717) is 23.8 Å². The molecule has 0 spiro atoms. The van der Waals surface area contributed by atoms with E-state index in [1.807, 2.05) is 18.9 Å². The quantitative estimate of drug-likeness (QED) is 0.873. The molecule has 1 unspecified atom stereocenters. The molecule has 1 aromatic rings. The molecule has 136 valence electrons. The van der Waals surface area contributed by atoms with E-state index in [2.05, 4.69) is 10.5 Å². The summed E-state index contributed by atoms with van der Waals surface area (Å²) in [6.07, 6.45) is 6.55. The zero-order valence-corrected chi connectivity index (χ0v) is 14.9. The Morgan fingerprint density at radius 2 is 2.12 bits per heavy atom. The van der Waals surface area contributed by atoms with Crippen molar-refractivity contribution in [2.45, 2.75) is 64.0 Å². The van der Waals surface area contributed by atoms with Crippen LogP contribution in [-0.2, 0) is 9.63 Å². The first-order chi connectivity index (χ1) is 12.0. The smallest absolute Gasteiger partial charge is 0.228 e. The van der Waals surface area contributed by atoms with E-state index in [-0.39, 0.29) is 24.2 Å². The van der Waals surface area contributed by atoms with Crippen LogP contribution in [0.3, 0.4) is 0 Å². The number of carbonyl (C=O) groups excluding carboxylic acids is 1. The van der Waals surface area contributed by atoms with Crippen molar-refractivity contribution in [3.63, 3.8) is 0 Å². The molecule has 2 aliphatic rings. The van der Waals surface area contributed by atoms with Crippen molar-refractivity contribution in [1.29, 1.82) is 0 Å². The standard InChI is InChI=1S/C19H26FN3O2/c1-13-10-16(25-22-13)12-19(24)21-14-8-9-18(17(20)11-14)23(2)15-6-4-3-5-7-15/h8-9,11,15-16H,3-7,10,12H2,1-2H3,(H,21,24). The number of anilines is 2. The summed E-state index contributed by atoms with van der Waals surface area (Å²) in [5.41, 5.74) is 1.95. The van der Waals surface area contributed by atoms with E-state index in [4.69, 9.17) is 4.84 Å². The minimum absolute atomic E-state index is 0.192. The molecule has 5 nitrogen and oxygen atoms in total. The molecule has 6 heteroatoms. The summed E-state index contributed by atoms with van der Waals surface area (Å²) in [5, 5.41) is 6.58. The third-order valence-electron chi connectivity index (χ3n) is 5.03. The summed E-state index contributed by atoms with van der Waals surface area (Å²) >= 11 is 0. The Kier molecular flexibility index (Phi) is 5.56. The second-order valence-electron chi connectivity index (χ2n) is 7.08. The van der Waals surface area contributed by atoms with Crippen molar-refractivity contribution < 1.29 is 14.0 Å². The third-order valence-corrected chi connectivity index (χ3v) is 5.03. The van der Waals surface area contributed by atoms with Crippen LogP contribution in [0.25, 0.3) is 0 Å². The molecule has 1 saturated carbocycles. The van der Waals surface area contributed by atoms with Gasteiger partial charge in [0.1, 0.15) is 11.9 Å². The van der Waals surface area contributed by atoms with Crippen LogP contribution in [0.15, 0.2) is 23.4 Å². The number of hydrogen-bond donors (Lipinski definition) is 1. The molecule has 1 aliphatic carbocycles. The molecule has 1 N–H and O–H groups in total. The van der Waals surface area contributed by atoms with Gasteiger partial charge in [0, 0.05) is 25.2 Å². The summed E-state index contributed by atoms with van der Waals surface area (Å²) in [5.74, 6) is -0.496. The number of nitrogens with zero attached hydrogens (tertiary/aromatic N) is 2. The van der Waals surface area contributed by atoms with Gasteiger partial charge in [0.05, 0.1) is 17.8 Å². The number of oxime groups is 1. The minimum atomic E-state index is -0.304. The monoisotopic (exact) mass is 347 g/mol. The normalized spacial score (nSPS) is 20.8. The van der Waals surface area contributed by atoms with Gasteiger partial charge in [-0.3, -0.25) is 4.79 Å². The molecule has 1 heterocycles. The lowest BCUT2D eigenvalue weighted by atomic mass is 9.94. The predicted molar refractivity (Wildman–Crippen MR) is 97.5 cm³/mol. The number of carbonyl (C=O) groups is 1. The van der Waals surface area contributed by atoms with Gasteiger partial charge in [-0.15, -0.1) is 0 Å². The molecule has 1 atom stereocenters. The van der Waals surface area contributed by atoms with Gasteiger partial charge in [-0.05, 0) is 38.0 Å². The molecule has 1 aromatic carbocycles. The number of nitrogens with one attached hydrogen (secondary N) is 1. The first-order valence-corrected chi connectivity index (χ1v) is 9.04. The van der Waals surface area contributed by atoms with Crippen LogP contribution in [0.1, 0.15) is 51.9 Å². The van der Waals surface area contributed by atoms with Crippen molar-refractivity contribution in [2.75, 3.05) is 17.3 Å². The molecule has 0 radical (unpaired) electrons. The Balaban J connectivity index is 1.58. The molecule has 1 fully saturated rings. The number of halogens is 1. The second-order valence-corrected chi connectivity index (χ2v) is 7.08. The highest BCUT2D eigenvalue weighted by atomic mass is 19.1. The molecular weight excluding hydrogens is 321 g/mol. The first-order valence-electron chi connectivity index (χ1n) is 9.04. The van der Waals surface area contributed by atoms with Crippen LogP contribution < -0.4 is 10.2 Å². The number of benzene rings is 1. The van der Waals surface area contributed by atoms with Crippen LogP contribution in [0.5, 0.6) is 0 Å². The Morgan fingerprint density at radius 1 is 1.36 bits per heavy atom. The molecule has 1 amide bonds. The number of amides is 1. The number of rotatable bonds is 5. The lowest BCUT2D eigenvalue weighted by Gasteiger charge is -2.33. The average Bonchev–Trinajstić information content (AvgIpc) is 3.00. The Hall–Kier alpha value is -2.11. The summed E-state index contributed by atoms with van der Waals surface area (Å²) < 4.78 is 14.5. The highest BCUT2D eigenvalue weighted by Crippen LogP contribution is 2.29. The highest BCUT2D eigenvalue weighted by Gasteiger charge is 2.23. The van der Waals surface area contributed by atoms with Gasteiger partial charge in [-0.1, -0.05) is 24.4 Å².